The second-order valence-electron chi connectivity index (χ2n) is 4.73. The third-order valence-electron chi connectivity index (χ3n) is 3.23. The molecule has 0 bridgehead atoms. The van der Waals surface area contributed by atoms with Gasteiger partial charge in [-0.2, -0.15) is 4.31 Å². The van der Waals surface area contributed by atoms with Gasteiger partial charge in [0.1, 0.15) is 10.8 Å². The highest BCUT2D eigenvalue weighted by Crippen LogP contribution is 2.27. The second-order valence-corrected chi connectivity index (χ2v) is 7.08. The first kappa shape index (κ1) is 14.4. The van der Waals surface area contributed by atoms with Crippen molar-refractivity contribution in [2.45, 2.75) is 18.2 Å². The van der Waals surface area contributed by atoms with Crippen LogP contribution in [0.25, 0.3) is 0 Å². The van der Waals surface area contributed by atoms with Gasteiger partial charge < -0.3 is 5.73 Å². The van der Waals surface area contributed by atoms with Crippen LogP contribution in [0.1, 0.15) is 18.9 Å². The Labute approximate surface area is 117 Å². The highest BCUT2D eigenvalue weighted by Gasteiger charge is 2.33. The van der Waals surface area contributed by atoms with E-state index < -0.39 is 15.8 Å². The van der Waals surface area contributed by atoms with E-state index >= 15 is 0 Å². The molecule has 0 amide bonds. The third kappa shape index (κ3) is 2.63. The van der Waals surface area contributed by atoms with Gasteiger partial charge in [0.2, 0.25) is 10.0 Å². The van der Waals surface area contributed by atoms with Gasteiger partial charge in [-0.25, -0.2) is 12.8 Å². The molecular weight excluding hydrogens is 287 g/mol. The van der Waals surface area contributed by atoms with Crippen molar-refractivity contribution in [1.82, 2.24) is 4.31 Å². The minimum Gasteiger partial charge on any atom is -0.389 e. The summed E-state index contributed by atoms with van der Waals surface area (Å²) in [5.74, 6) is -0.405. The normalized spacial score (nSPS) is 20.6. The molecule has 0 spiro atoms. The van der Waals surface area contributed by atoms with E-state index in [1.807, 2.05) is 6.92 Å². The lowest BCUT2D eigenvalue weighted by Crippen LogP contribution is -2.31. The summed E-state index contributed by atoms with van der Waals surface area (Å²) in [5, 5.41) is 0. The maximum Gasteiger partial charge on any atom is 0.243 e. The summed E-state index contributed by atoms with van der Waals surface area (Å²) >= 11 is 4.76. The van der Waals surface area contributed by atoms with E-state index in [9.17, 15) is 12.8 Å². The summed E-state index contributed by atoms with van der Waals surface area (Å²) in [6.07, 6.45) is 0.803. The Bertz CT molecular complexity index is 616. The summed E-state index contributed by atoms with van der Waals surface area (Å²) in [6, 6.07) is 3.85. The lowest BCUT2D eigenvalue weighted by atomic mass is 10.2. The van der Waals surface area contributed by atoms with Crippen LogP contribution in [-0.4, -0.2) is 30.8 Å². The topological polar surface area (TPSA) is 63.4 Å². The van der Waals surface area contributed by atoms with E-state index in [-0.39, 0.29) is 15.4 Å². The molecule has 0 aromatic heterocycles. The molecule has 1 saturated heterocycles. The van der Waals surface area contributed by atoms with Crippen molar-refractivity contribution in [3.63, 3.8) is 0 Å². The molecule has 0 aliphatic carbocycles. The fourth-order valence-corrected chi connectivity index (χ4v) is 4.27. The van der Waals surface area contributed by atoms with Gasteiger partial charge in [-0.15, -0.1) is 0 Å². The summed E-state index contributed by atoms with van der Waals surface area (Å²) in [7, 11) is -3.74. The van der Waals surface area contributed by atoms with Gasteiger partial charge in [-0.05, 0) is 24.5 Å². The number of thiocarbonyl (C=S) groups is 1. The van der Waals surface area contributed by atoms with E-state index in [4.69, 9.17) is 18.0 Å². The Morgan fingerprint density at radius 3 is 2.74 bits per heavy atom. The lowest BCUT2D eigenvalue weighted by Gasteiger charge is -2.18. The number of nitrogens with two attached hydrogens (primary N) is 1. The number of hydrogen-bond acceptors (Lipinski definition) is 3. The third-order valence-corrected chi connectivity index (χ3v) is 5.34. The van der Waals surface area contributed by atoms with E-state index in [2.05, 4.69) is 0 Å². The zero-order valence-electron chi connectivity index (χ0n) is 10.5. The first-order valence-corrected chi connectivity index (χ1v) is 7.77. The first-order chi connectivity index (χ1) is 8.84. The highest BCUT2D eigenvalue weighted by atomic mass is 32.2. The second kappa shape index (κ2) is 5.15. The maximum atomic E-state index is 13.7. The first-order valence-electron chi connectivity index (χ1n) is 5.92. The number of halogens is 1. The Kier molecular flexibility index (Phi) is 3.89. The average molecular weight is 302 g/mol. The Hall–Kier alpha value is -1.05. The molecule has 1 aromatic carbocycles. The van der Waals surface area contributed by atoms with Crippen LogP contribution in [0, 0.1) is 11.7 Å². The van der Waals surface area contributed by atoms with Crippen LogP contribution in [-0.2, 0) is 10.0 Å². The number of nitrogens with zero attached hydrogens (tertiary/aromatic N) is 1. The number of rotatable bonds is 3. The van der Waals surface area contributed by atoms with E-state index in [0.717, 1.165) is 12.5 Å². The van der Waals surface area contributed by atoms with Gasteiger partial charge in [-0.3, -0.25) is 0 Å². The molecule has 1 heterocycles. The smallest absolute Gasteiger partial charge is 0.243 e. The summed E-state index contributed by atoms with van der Waals surface area (Å²) in [6.45, 7) is 2.86. The van der Waals surface area contributed by atoms with Crippen molar-refractivity contribution in [3.05, 3.63) is 29.6 Å². The molecule has 7 heteroatoms. The lowest BCUT2D eigenvalue weighted by molar-refractivity contribution is 0.463. The zero-order chi connectivity index (χ0) is 14.2. The van der Waals surface area contributed by atoms with Crippen molar-refractivity contribution in [1.29, 1.82) is 0 Å². The van der Waals surface area contributed by atoms with Crippen LogP contribution in [0.15, 0.2) is 23.1 Å². The van der Waals surface area contributed by atoms with E-state index in [0.29, 0.717) is 19.0 Å². The van der Waals surface area contributed by atoms with E-state index in [1.54, 1.807) is 0 Å². The summed E-state index contributed by atoms with van der Waals surface area (Å²) < 4.78 is 40.1. The molecule has 1 aliphatic heterocycles. The molecule has 1 fully saturated rings. The average Bonchev–Trinajstić information content (AvgIpc) is 2.75. The molecule has 19 heavy (non-hydrogen) atoms. The van der Waals surface area contributed by atoms with Gasteiger partial charge in [0.25, 0.3) is 0 Å². The monoisotopic (exact) mass is 302 g/mol. The van der Waals surface area contributed by atoms with Crippen LogP contribution >= 0.6 is 12.2 Å². The quantitative estimate of drug-likeness (QED) is 0.859. The van der Waals surface area contributed by atoms with Crippen molar-refractivity contribution in [2.24, 2.45) is 11.7 Å². The minimum absolute atomic E-state index is 0.144. The zero-order valence-corrected chi connectivity index (χ0v) is 12.1. The largest absolute Gasteiger partial charge is 0.389 e. The van der Waals surface area contributed by atoms with Crippen LogP contribution in [0.4, 0.5) is 4.39 Å². The Balaban J connectivity index is 2.52. The van der Waals surface area contributed by atoms with Crippen molar-refractivity contribution >= 4 is 27.2 Å². The van der Waals surface area contributed by atoms with Gasteiger partial charge >= 0.3 is 0 Å². The van der Waals surface area contributed by atoms with Crippen molar-refractivity contribution < 1.29 is 12.8 Å². The van der Waals surface area contributed by atoms with Gasteiger partial charge in [0, 0.05) is 13.1 Å². The van der Waals surface area contributed by atoms with Gasteiger partial charge in [-0.1, -0.05) is 25.2 Å². The van der Waals surface area contributed by atoms with E-state index in [1.165, 1.54) is 16.4 Å². The molecular formula is C12H15FN2O2S2. The molecule has 1 aliphatic rings. The molecule has 0 radical (unpaired) electrons. The Morgan fingerprint density at radius 2 is 2.21 bits per heavy atom. The standard InChI is InChI=1S/C12H15FN2O2S2/c1-8-5-6-15(7-8)19(16,17)10-4-2-3-9(13)11(10)12(14)18/h2-4,8H,5-7H2,1H3,(H2,14,18). The summed E-state index contributed by atoms with van der Waals surface area (Å²) in [4.78, 5) is -0.391. The number of hydrogen-bond donors (Lipinski definition) is 1. The molecule has 2 rings (SSSR count). The molecule has 1 aromatic rings. The van der Waals surface area contributed by atoms with Crippen LogP contribution in [0.2, 0.25) is 0 Å². The predicted molar refractivity (Wildman–Crippen MR) is 74.8 cm³/mol. The van der Waals surface area contributed by atoms with Crippen LogP contribution in [0.5, 0.6) is 0 Å². The molecule has 1 unspecified atom stereocenters. The maximum absolute atomic E-state index is 13.7. The highest BCUT2D eigenvalue weighted by molar-refractivity contribution is 7.89. The van der Waals surface area contributed by atoms with Crippen molar-refractivity contribution in [2.75, 3.05) is 13.1 Å². The molecule has 4 nitrogen and oxygen atoms in total. The van der Waals surface area contributed by atoms with Crippen LogP contribution in [0.3, 0.4) is 0 Å². The van der Waals surface area contributed by atoms with Gasteiger partial charge in [0.15, 0.2) is 0 Å². The molecule has 0 saturated carbocycles. The number of benzene rings is 1. The Morgan fingerprint density at radius 1 is 1.53 bits per heavy atom. The van der Waals surface area contributed by atoms with Crippen molar-refractivity contribution in [3.8, 4) is 0 Å². The minimum atomic E-state index is -3.74. The fourth-order valence-electron chi connectivity index (χ4n) is 2.21. The molecule has 1 atom stereocenters. The molecule has 2 N–H and O–H groups in total. The van der Waals surface area contributed by atoms with Gasteiger partial charge in [0.05, 0.1) is 10.5 Å². The SMILES string of the molecule is CC1CCN(S(=O)(=O)c2cccc(F)c2C(N)=S)C1. The predicted octanol–water partition coefficient (Wildman–Crippen LogP) is 1.49. The number of sulfonamides is 1. The molecule has 104 valence electrons. The van der Waals surface area contributed by atoms with Crippen LogP contribution < -0.4 is 5.73 Å². The fraction of sp³-hybridized carbons (Fsp3) is 0.417. The summed E-state index contributed by atoms with van der Waals surface area (Å²) in [5.41, 5.74) is 5.25.